The Bertz CT molecular complexity index is 461. The summed E-state index contributed by atoms with van der Waals surface area (Å²) in [4.78, 5) is 4.63. The molecule has 0 radical (unpaired) electrons. The van der Waals surface area contributed by atoms with Crippen LogP contribution in [0.25, 0.3) is 0 Å². The highest BCUT2D eigenvalue weighted by atomic mass is 32.2. The average Bonchev–Trinajstić information content (AvgIpc) is 2.55. The summed E-state index contributed by atoms with van der Waals surface area (Å²) < 4.78 is 25.9. The largest absolute Gasteiger partial charge is 0.357 e. The van der Waals surface area contributed by atoms with E-state index in [4.69, 9.17) is 0 Å². The Hall–Kier alpha value is -0.470. The van der Waals surface area contributed by atoms with Gasteiger partial charge in [0, 0.05) is 32.2 Å². The van der Waals surface area contributed by atoms with Gasteiger partial charge in [0.25, 0.3) is 0 Å². The first-order valence-electron chi connectivity index (χ1n) is 9.05. The van der Waals surface area contributed by atoms with Gasteiger partial charge in [0.1, 0.15) is 0 Å². The third-order valence-corrected chi connectivity index (χ3v) is 6.79. The number of hydrogen-bond acceptors (Lipinski definition) is 4. The van der Waals surface area contributed by atoms with Crippen molar-refractivity contribution >= 4 is 27.7 Å². The maximum absolute atomic E-state index is 12.1. The Balaban J connectivity index is 2.42. The second-order valence-electron chi connectivity index (χ2n) is 6.09. The molecule has 8 heteroatoms. The van der Waals surface area contributed by atoms with Gasteiger partial charge in [0.2, 0.25) is 10.0 Å². The number of unbranched alkanes of at least 4 members (excludes halogenated alkanes) is 1. The number of aliphatic imine (C=N–C) groups is 1. The third-order valence-electron chi connectivity index (χ3n) is 4.02. The Labute approximate surface area is 152 Å². The SMILES string of the molecule is CCCS(=O)(=O)N1CCC(NC(=NCCCCSC)NCC)CC1. The highest BCUT2D eigenvalue weighted by molar-refractivity contribution is 7.98. The Kier molecular flexibility index (Phi) is 10.8. The van der Waals surface area contributed by atoms with Crippen LogP contribution in [0.15, 0.2) is 4.99 Å². The fraction of sp³-hybridized carbons (Fsp3) is 0.938. The number of nitrogens with one attached hydrogen (secondary N) is 2. The Morgan fingerprint density at radius 3 is 2.54 bits per heavy atom. The number of piperidine rings is 1. The molecule has 0 amide bonds. The summed E-state index contributed by atoms with van der Waals surface area (Å²) >= 11 is 1.87. The van der Waals surface area contributed by atoms with Crippen molar-refractivity contribution < 1.29 is 8.42 Å². The zero-order chi connectivity index (χ0) is 17.8. The number of hydrogen-bond donors (Lipinski definition) is 2. The smallest absolute Gasteiger partial charge is 0.214 e. The normalized spacial score (nSPS) is 17.9. The number of thioether (sulfide) groups is 1. The van der Waals surface area contributed by atoms with Crippen LogP contribution in [0, 0.1) is 0 Å². The number of guanidine groups is 1. The lowest BCUT2D eigenvalue weighted by atomic mass is 10.1. The van der Waals surface area contributed by atoms with Crippen molar-refractivity contribution in [1.82, 2.24) is 14.9 Å². The predicted octanol–water partition coefficient (Wildman–Crippen LogP) is 1.89. The van der Waals surface area contributed by atoms with Crippen molar-refractivity contribution in [2.75, 3.05) is 43.9 Å². The van der Waals surface area contributed by atoms with Gasteiger partial charge in [0.15, 0.2) is 5.96 Å². The monoisotopic (exact) mass is 378 g/mol. The van der Waals surface area contributed by atoms with Crippen LogP contribution in [-0.4, -0.2) is 68.7 Å². The first kappa shape index (κ1) is 21.6. The van der Waals surface area contributed by atoms with Crippen LogP contribution in [0.3, 0.4) is 0 Å². The molecule has 24 heavy (non-hydrogen) atoms. The van der Waals surface area contributed by atoms with Gasteiger partial charge in [-0.25, -0.2) is 12.7 Å². The maximum Gasteiger partial charge on any atom is 0.214 e. The van der Waals surface area contributed by atoms with Gasteiger partial charge in [-0.3, -0.25) is 4.99 Å². The molecule has 0 atom stereocenters. The van der Waals surface area contributed by atoms with E-state index >= 15 is 0 Å². The number of rotatable bonds is 10. The lowest BCUT2D eigenvalue weighted by molar-refractivity contribution is 0.306. The maximum atomic E-state index is 12.1. The van der Waals surface area contributed by atoms with E-state index in [1.807, 2.05) is 18.7 Å². The molecule has 1 aliphatic rings. The summed E-state index contributed by atoms with van der Waals surface area (Å²) in [7, 11) is -3.06. The molecule has 142 valence electrons. The van der Waals surface area contributed by atoms with Crippen LogP contribution < -0.4 is 10.6 Å². The van der Waals surface area contributed by atoms with Crippen LogP contribution in [-0.2, 0) is 10.0 Å². The van der Waals surface area contributed by atoms with Crippen molar-refractivity contribution in [3.63, 3.8) is 0 Å². The summed E-state index contributed by atoms with van der Waals surface area (Å²) in [5, 5.41) is 6.75. The van der Waals surface area contributed by atoms with Crippen LogP contribution in [0.4, 0.5) is 0 Å². The van der Waals surface area contributed by atoms with Gasteiger partial charge in [-0.15, -0.1) is 0 Å². The Morgan fingerprint density at radius 1 is 1.25 bits per heavy atom. The fourth-order valence-electron chi connectivity index (χ4n) is 2.73. The first-order valence-corrected chi connectivity index (χ1v) is 12.0. The van der Waals surface area contributed by atoms with Gasteiger partial charge >= 0.3 is 0 Å². The summed E-state index contributed by atoms with van der Waals surface area (Å²) in [6.45, 7) is 6.84. The van der Waals surface area contributed by atoms with Gasteiger partial charge in [-0.05, 0) is 51.0 Å². The lowest BCUT2D eigenvalue weighted by Gasteiger charge is -2.32. The summed E-state index contributed by atoms with van der Waals surface area (Å²) in [5.74, 6) is 2.30. The molecule has 6 nitrogen and oxygen atoms in total. The van der Waals surface area contributed by atoms with E-state index < -0.39 is 10.0 Å². The van der Waals surface area contributed by atoms with E-state index in [-0.39, 0.29) is 5.75 Å². The molecular formula is C16H34N4O2S2. The molecule has 1 fully saturated rings. The van der Waals surface area contributed by atoms with Crippen LogP contribution in [0.1, 0.15) is 46.0 Å². The molecule has 0 aromatic heterocycles. The van der Waals surface area contributed by atoms with Crippen LogP contribution >= 0.6 is 11.8 Å². The zero-order valence-corrected chi connectivity index (χ0v) is 17.0. The van der Waals surface area contributed by atoms with E-state index in [0.29, 0.717) is 25.6 Å². The highest BCUT2D eigenvalue weighted by Crippen LogP contribution is 2.15. The van der Waals surface area contributed by atoms with Crippen molar-refractivity contribution in [3.8, 4) is 0 Å². The molecule has 0 aliphatic carbocycles. The topological polar surface area (TPSA) is 73.8 Å². The zero-order valence-electron chi connectivity index (χ0n) is 15.4. The van der Waals surface area contributed by atoms with E-state index in [1.165, 1.54) is 12.2 Å². The minimum atomic E-state index is -3.06. The van der Waals surface area contributed by atoms with E-state index in [0.717, 1.165) is 38.3 Å². The van der Waals surface area contributed by atoms with Crippen molar-refractivity contribution in [2.45, 2.75) is 52.0 Å². The van der Waals surface area contributed by atoms with Crippen molar-refractivity contribution in [1.29, 1.82) is 0 Å². The Morgan fingerprint density at radius 2 is 1.96 bits per heavy atom. The summed E-state index contributed by atoms with van der Waals surface area (Å²) in [5.41, 5.74) is 0. The average molecular weight is 379 g/mol. The molecule has 0 unspecified atom stereocenters. The van der Waals surface area contributed by atoms with Gasteiger partial charge < -0.3 is 10.6 Å². The van der Waals surface area contributed by atoms with E-state index in [9.17, 15) is 8.42 Å². The van der Waals surface area contributed by atoms with Gasteiger partial charge in [0.05, 0.1) is 5.75 Å². The van der Waals surface area contributed by atoms with Crippen LogP contribution in [0.5, 0.6) is 0 Å². The molecule has 1 saturated heterocycles. The highest BCUT2D eigenvalue weighted by Gasteiger charge is 2.27. The molecular weight excluding hydrogens is 344 g/mol. The van der Waals surface area contributed by atoms with Crippen molar-refractivity contribution in [3.05, 3.63) is 0 Å². The summed E-state index contributed by atoms with van der Waals surface area (Å²) in [6.07, 6.45) is 6.76. The molecule has 0 saturated carbocycles. The molecule has 0 spiro atoms. The van der Waals surface area contributed by atoms with Crippen molar-refractivity contribution in [2.24, 2.45) is 4.99 Å². The lowest BCUT2D eigenvalue weighted by Crippen LogP contribution is -2.50. The van der Waals surface area contributed by atoms with Gasteiger partial charge in [-0.1, -0.05) is 6.92 Å². The van der Waals surface area contributed by atoms with Gasteiger partial charge in [-0.2, -0.15) is 11.8 Å². The molecule has 0 aromatic rings. The van der Waals surface area contributed by atoms with E-state index in [1.54, 1.807) is 4.31 Å². The minimum Gasteiger partial charge on any atom is -0.357 e. The molecule has 0 aromatic carbocycles. The molecule has 1 aliphatic heterocycles. The van der Waals surface area contributed by atoms with E-state index in [2.05, 4.69) is 28.8 Å². The summed E-state index contributed by atoms with van der Waals surface area (Å²) in [6, 6.07) is 0.294. The third kappa shape index (κ3) is 8.07. The fourth-order valence-corrected chi connectivity index (χ4v) is 4.76. The quantitative estimate of drug-likeness (QED) is 0.345. The molecule has 1 heterocycles. The second kappa shape index (κ2) is 12.0. The minimum absolute atomic E-state index is 0.255. The van der Waals surface area contributed by atoms with Crippen LogP contribution in [0.2, 0.25) is 0 Å². The standard InChI is InChI=1S/C16H34N4O2S2/c1-4-14-24(21,22)20-11-8-15(9-12-20)19-16(17-5-2)18-10-6-7-13-23-3/h15H,4-14H2,1-3H3,(H2,17,18,19). The number of nitrogens with zero attached hydrogens (tertiary/aromatic N) is 2. The molecule has 0 bridgehead atoms. The molecule has 1 rings (SSSR count). The first-order chi connectivity index (χ1) is 11.5. The molecule has 2 N–H and O–H groups in total. The second-order valence-corrected chi connectivity index (χ2v) is 9.17. The number of sulfonamides is 1. The predicted molar refractivity (Wildman–Crippen MR) is 105 cm³/mol.